The van der Waals surface area contributed by atoms with Crippen LogP contribution < -0.4 is 10.6 Å². The van der Waals surface area contributed by atoms with Crippen LogP contribution >= 0.6 is 11.6 Å². The van der Waals surface area contributed by atoms with E-state index >= 15 is 0 Å². The Morgan fingerprint density at radius 3 is 2.61 bits per heavy atom. The van der Waals surface area contributed by atoms with Crippen LogP contribution in [0, 0.1) is 6.92 Å². The van der Waals surface area contributed by atoms with E-state index in [4.69, 9.17) is 16.0 Å². The molecule has 0 aliphatic rings. The lowest BCUT2D eigenvalue weighted by molar-refractivity contribution is 0.509. The van der Waals surface area contributed by atoms with Crippen LogP contribution in [0.4, 0.5) is 0 Å². The summed E-state index contributed by atoms with van der Waals surface area (Å²) in [6, 6.07) is 11.9. The first-order chi connectivity index (χ1) is 13.6. The summed E-state index contributed by atoms with van der Waals surface area (Å²) in [7, 11) is 0. The van der Waals surface area contributed by atoms with Gasteiger partial charge in [-0.05, 0) is 31.9 Å². The maximum absolute atomic E-state index is 5.83. The molecule has 0 saturated heterocycles. The Labute approximate surface area is 170 Å². The number of benzene rings is 1. The maximum Gasteiger partial charge on any atom is 0.216 e. The Kier molecular flexibility index (Phi) is 7.03. The molecular weight excluding hydrogens is 374 g/mol. The van der Waals surface area contributed by atoms with Gasteiger partial charge in [-0.25, -0.2) is 15.0 Å². The SMILES string of the molecule is CCNC(=NCc1ncc(-c2ccc(C)cc2)o1)NCCc1ccc(Cl)nc1. The van der Waals surface area contributed by atoms with E-state index in [9.17, 15) is 0 Å². The molecule has 0 spiro atoms. The van der Waals surface area contributed by atoms with E-state index in [-0.39, 0.29) is 0 Å². The second-order valence-corrected chi connectivity index (χ2v) is 6.73. The van der Waals surface area contributed by atoms with Gasteiger partial charge in [0, 0.05) is 24.8 Å². The van der Waals surface area contributed by atoms with Gasteiger partial charge in [-0.15, -0.1) is 0 Å². The molecular formula is C21H24ClN5O. The van der Waals surface area contributed by atoms with Crippen LogP contribution in [0.2, 0.25) is 5.15 Å². The highest BCUT2D eigenvalue weighted by Crippen LogP contribution is 2.21. The second kappa shape index (κ2) is 9.90. The van der Waals surface area contributed by atoms with Gasteiger partial charge < -0.3 is 15.1 Å². The van der Waals surface area contributed by atoms with Crippen molar-refractivity contribution in [3.05, 3.63) is 71.0 Å². The molecule has 0 saturated carbocycles. The van der Waals surface area contributed by atoms with Crippen LogP contribution in [0.25, 0.3) is 11.3 Å². The number of nitrogens with zero attached hydrogens (tertiary/aromatic N) is 3. The molecule has 0 radical (unpaired) electrons. The molecule has 2 aromatic heterocycles. The Bertz CT molecular complexity index is 903. The number of aromatic nitrogens is 2. The first-order valence-corrected chi connectivity index (χ1v) is 9.66. The molecule has 0 aliphatic heterocycles. The van der Waals surface area contributed by atoms with Crippen molar-refractivity contribution in [2.75, 3.05) is 13.1 Å². The first-order valence-electron chi connectivity index (χ1n) is 9.28. The standard InChI is InChI=1S/C21H24ClN5O/c1-3-23-21(24-11-10-16-6-9-19(22)25-12-16)27-14-20-26-13-18(28-20)17-7-4-15(2)5-8-17/h4-9,12-13H,3,10-11,14H2,1-2H3,(H2,23,24,27). The zero-order valence-corrected chi connectivity index (χ0v) is 16.8. The molecule has 3 aromatic rings. The summed E-state index contributed by atoms with van der Waals surface area (Å²) in [5, 5.41) is 7.04. The summed E-state index contributed by atoms with van der Waals surface area (Å²) in [4.78, 5) is 13.0. The molecule has 2 heterocycles. The zero-order chi connectivity index (χ0) is 19.8. The van der Waals surface area contributed by atoms with E-state index in [0.29, 0.717) is 17.6 Å². The average Bonchev–Trinajstić information content (AvgIpc) is 3.17. The largest absolute Gasteiger partial charge is 0.439 e. The Morgan fingerprint density at radius 1 is 1.07 bits per heavy atom. The molecule has 28 heavy (non-hydrogen) atoms. The quantitative estimate of drug-likeness (QED) is 0.358. The van der Waals surface area contributed by atoms with Gasteiger partial charge >= 0.3 is 0 Å². The third-order valence-corrected chi connectivity index (χ3v) is 4.32. The van der Waals surface area contributed by atoms with Crippen LogP contribution in [0.1, 0.15) is 23.9 Å². The van der Waals surface area contributed by atoms with Crippen molar-refractivity contribution in [1.82, 2.24) is 20.6 Å². The van der Waals surface area contributed by atoms with Gasteiger partial charge in [0.2, 0.25) is 5.89 Å². The van der Waals surface area contributed by atoms with E-state index in [0.717, 1.165) is 42.4 Å². The molecule has 146 valence electrons. The molecule has 7 heteroatoms. The number of rotatable bonds is 7. The third kappa shape index (κ3) is 5.82. The zero-order valence-electron chi connectivity index (χ0n) is 16.1. The van der Waals surface area contributed by atoms with Crippen molar-refractivity contribution in [2.24, 2.45) is 4.99 Å². The Balaban J connectivity index is 1.56. The van der Waals surface area contributed by atoms with E-state index in [1.165, 1.54) is 5.56 Å². The summed E-state index contributed by atoms with van der Waals surface area (Å²) in [6.45, 7) is 5.96. The maximum atomic E-state index is 5.83. The van der Waals surface area contributed by atoms with Crippen LogP contribution in [0.15, 0.2) is 58.2 Å². The number of hydrogen-bond acceptors (Lipinski definition) is 4. The van der Waals surface area contributed by atoms with Gasteiger partial charge in [-0.1, -0.05) is 47.5 Å². The molecule has 0 unspecified atom stereocenters. The Morgan fingerprint density at radius 2 is 1.89 bits per heavy atom. The minimum atomic E-state index is 0.365. The predicted molar refractivity (Wildman–Crippen MR) is 112 cm³/mol. The normalized spacial score (nSPS) is 11.5. The van der Waals surface area contributed by atoms with Gasteiger partial charge in [0.15, 0.2) is 11.7 Å². The second-order valence-electron chi connectivity index (χ2n) is 6.35. The van der Waals surface area contributed by atoms with E-state index < -0.39 is 0 Å². The summed E-state index contributed by atoms with van der Waals surface area (Å²) in [5.74, 6) is 2.05. The third-order valence-electron chi connectivity index (χ3n) is 4.10. The van der Waals surface area contributed by atoms with Crippen molar-refractivity contribution in [3.8, 4) is 11.3 Å². The van der Waals surface area contributed by atoms with Crippen LogP contribution in [-0.2, 0) is 13.0 Å². The predicted octanol–water partition coefficient (Wildman–Crippen LogP) is 4.00. The molecule has 0 aliphatic carbocycles. The molecule has 2 N–H and O–H groups in total. The molecule has 0 fully saturated rings. The fraction of sp³-hybridized carbons (Fsp3) is 0.286. The van der Waals surface area contributed by atoms with Crippen LogP contribution in [-0.4, -0.2) is 29.0 Å². The van der Waals surface area contributed by atoms with Gasteiger partial charge in [-0.3, -0.25) is 0 Å². The summed E-state index contributed by atoms with van der Waals surface area (Å²) in [6.07, 6.45) is 4.35. The molecule has 0 atom stereocenters. The molecule has 6 nitrogen and oxygen atoms in total. The fourth-order valence-electron chi connectivity index (χ4n) is 2.60. The lowest BCUT2D eigenvalue weighted by atomic mass is 10.1. The number of aliphatic imine (C=N–C) groups is 1. The number of guanidine groups is 1. The molecule has 0 amide bonds. The highest BCUT2D eigenvalue weighted by atomic mass is 35.5. The lowest BCUT2D eigenvalue weighted by Gasteiger charge is -2.10. The smallest absolute Gasteiger partial charge is 0.216 e. The van der Waals surface area contributed by atoms with Gasteiger partial charge in [-0.2, -0.15) is 0 Å². The summed E-state index contributed by atoms with van der Waals surface area (Å²) in [5.41, 5.74) is 3.34. The van der Waals surface area contributed by atoms with Crippen molar-refractivity contribution < 1.29 is 4.42 Å². The number of oxazole rings is 1. The number of nitrogens with one attached hydrogen (secondary N) is 2. The lowest BCUT2D eigenvalue weighted by Crippen LogP contribution is -2.38. The molecule has 1 aromatic carbocycles. The Hall–Kier alpha value is -2.86. The van der Waals surface area contributed by atoms with Crippen molar-refractivity contribution >= 4 is 17.6 Å². The number of halogens is 1. The minimum Gasteiger partial charge on any atom is -0.439 e. The topological polar surface area (TPSA) is 75.3 Å². The highest BCUT2D eigenvalue weighted by molar-refractivity contribution is 6.29. The van der Waals surface area contributed by atoms with Gasteiger partial charge in [0.25, 0.3) is 0 Å². The van der Waals surface area contributed by atoms with Gasteiger partial charge in [0.05, 0.1) is 6.20 Å². The van der Waals surface area contributed by atoms with Crippen LogP contribution in [0.5, 0.6) is 0 Å². The molecule has 0 bridgehead atoms. The van der Waals surface area contributed by atoms with Crippen molar-refractivity contribution in [1.29, 1.82) is 0 Å². The number of pyridine rings is 1. The summed E-state index contributed by atoms with van der Waals surface area (Å²) >= 11 is 5.81. The number of hydrogen-bond donors (Lipinski definition) is 2. The van der Waals surface area contributed by atoms with Crippen molar-refractivity contribution in [2.45, 2.75) is 26.8 Å². The number of aryl methyl sites for hydroxylation is 1. The fourth-order valence-corrected chi connectivity index (χ4v) is 2.71. The van der Waals surface area contributed by atoms with E-state index in [2.05, 4.69) is 44.7 Å². The average molecular weight is 398 g/mol. The van der Waals surface area contributed by atoms with Gasteiger partial charge in [0.1, 0.15) is 11.7 Å². The molecule has 3 rings (SSSR count). The summed E-state index contributed by atoms with van der Waals surface area (Å²) < 4.78 is 5.83. The monoisotopic (exact) mass is 397 g/mol. The first kappa shape index (κ1) is 19.9. The van der Waals surface area contributed by atoms with Crippen molar-refractivity contribution in [3.63, 3.8) is 0 Å². The van der Waals surface area contributed by atoms with E-state index in [1.54, 1.807) is 18.5 Å². The highest BCUT2D eigenvalue weighted by Gasteiger charge is 2.06. The van der Waals surface area contributed by atoms with Crippen LogP contribution in [0.3, 0.4) is 0 Å². The minimum absolute atomic E-state index is 0.365. The van der Waals surface area contributed by atoms with E-state index in [1.807, 2.05) is 25.1 Å².